The van der Waals surface area contributed by atoms with Crippen molar-refractivity contribution in [1.29, 1.82) is 0 Å². The summed E-state index contributed by atoms with van der Waals surface area (Å²) >= 11 is 0. The van der Waals surface area contributed by atoms with Crippen molar-refractivity contribution in [3.05, 3.63) is 63.2 Å². The number of carbonyl (C=O) groups is 4. The van der Waals surface area contributed by atoms with Gasteiger partial charge in [0.2, 0.25) is 5.78 Å². The number of unbranched alkanes of at least 4 members (excludes halogenated alkanes) is 1. The first-order valence-electron chi connectivity index (χ1n) is 18.5. The molecule has 1 N–H and O–H groups in total. The van der Waals surface area contributed by atoms with Gasteiger partial charge in [-0.25, -0.2) is 18.4 Å². The summed E-state index contributed by atoms with van der Waals surface area (Å²) in [4.78, 5) is 66.9. The topological polar surface area (TPSA) is 187 Å². The zero-order chi connectivity index (χ0) is 40.3. The summed E-state index contributed by atoms with van der Waals surface area (Å²) in [6, 6.07) is 4.20. The summed E-state index contributed by atoms with van der Waals surface area (Å²) in [6.07, 6.45) is -1.50. The molecule has 55 heavy (non-hydrogen) atoms. The zero-order valence-electron chi connectivity index (χ0n) is 31.6. The Morgan fingerprint density at radius 2 is 1.84 bits per heavy atom. The van der Waals surface area contributed by atoms with E-state index in [1.165, 1.54) is 37.3 Å². The molecule has 5 aliphatic rings. The third kappa shape index (κ3) is 6.73. The van der Waals surface area contributed by atoms with Gasteiger partial charge in [-0.15, -0.1) is 10.1 Å². The lowest BCUT2D eigenvalue weighted by Gasteiger charge is -2.63. The van der Waals surface area contributed by atoms with Gasteiger partial charge < -0.3 is 33.6 Å². The molecule has 1 aromatic carbocycles. The summed E-state index contributed by atoms with van der Waals surface area (Å²) < 4.78 is 62.2. The Balaban J connectivity index is 1.12. The Morgan fingerprint density at radius 1 is 1.11 bits per heavy atom. The van der Waals surface area contributed by atoms with Crippen LogP contribution in [0.15, 0.2) is 42.0 Å². The number of hydrogen-bond donors (Lipinski definition) is 1. The smallest absolute Gasteiger partial charge is 0.462 e. The maximum absolute atomic E-state index is 17.7. The first kappa shape index (κ1) is 40.4. The summed E-state index contributed by atoms with van der Waals surface area (Å²) in [6.45, 7) is 8.85. The van der Waals surface area contributed by atoms with Gasteiger partial charge in [-0.3, -0.25) is 9.59 Å². The van der Waals surface area contributed by atoms with Gasteiger partial charge in [0.1, 0.15) is 18.0 Å². The number of hydrogen-bond acceptors (Lipinski definition) is 13. The molecular weight excluding hydrogens is 728 g/mol. The monoisotopic (exact) mass is 775 g/mol. The number of aryl methyl sites for hydroxylation is 1. The zero-order valence-corrected chi connectivity index (χ0v) is 31.6. The standard InChI is InChI=1S/C39H47F2NO13/c1-21-15-23(33(46)50-14-8-7-9-22(2)54-42(48)49)10-11-29(21)52-34(47)51-20-31(45)39-32(53-35(3,4)55-39)18-25-26-17-28(40)27-16-24(43)12-13-36(27,5)38(26,41)30(44)19-37(25,39)6/h10-13,15-16,22,25-26,28,30,32,44H,7-9,14,17-20H2,1-6H3/t22?,25?,26?,28-,30-,32+,36-,37-,38-,39+/m0/s1. The molecule has 1 heterocycles. The molecule has 3 unspecified atom stereocenters. The van der Waals surface area contributed by atoms with E-state index in [-0.39, 0.29) is 42.8 Å². The lowest BCUT2D eigenvalue weighted by molar-refractivity contribution is -0.767. The summed E-state index contributed by atoms with van der Waals surface area (Å²) in [5, 5.41) is 21.3. The van der Waals surface area contributed by atoms with Gasteiger partial charge in [0.25, 0.3) is 5.09 Å². The average molecular weight is 776 g/mol. The molecule has 0 aromatic heterocycles. The van der Waals surface area contributed by atoms with Crippen LogP contribution in [0.5, 0.6) is 5.75 Å². The van der Waals surface area contributed by atoms with Crippen LogP contribution in [-0.4, -0.2) is 88.6 Å². The molecule has 1 aliphatic heterocycles. The van der Waals surface area contributed by atoms with E-state index in [1.54, 1.807) is 34.6 Å². The number of nitrogens with zero attached hydrogens (tertiary/aromatic N) is 1. The fourth-order valence-electron chi connectivity index (χ4n) is 10.0. The molecule has 1 aromatic rings. The maximum Gasteiger partial charge on any atom is 0.514 e. The lowest BCUT2D eigenvalue weighted by Crippen LogP contribution is -2.71. The molecule has 4 aliphatic carbocycles. The van der Waals surface area contributed by atoms with Gasteiger partial charge in [0, 0.05) is 16.7 Å². The van der Waals surface area contributed by atoms with Crippen molar-refractivity contribution >= 4 is 23.7 Å². The van der Waals surface area contributed by atoms with Gasteiger partial charge in [0.15, 0.2) is 29.4 Å². The molecule has 0 radical (unpaired) electrons. The minimum Gasteiger partial charge on any atom is -0.462 e. The van der Waals surface area contributed by atoms with Crippen LogP contribution in [0.4, 0.5) is 13.6 Å². The number of fused-ring (bicyclic) bond motifs is 7. The number of halogens is 2. The van der Waals surface area contributed by atoms with Gasteiger partial charge >= 0.3 is 12.1 Å². The normalized spacial score (nSPS) is 36.0. The van der Waals surface area contributed by atoms with Crippen molar-refractivity contribution < 1.29 is 66.7 Å². The fraction of sp³-hybridized carbons (Fsp3) is 0.641. The van der Waals surface area contributed by atoms with Crippen molar-refractivity contribution in [3.63, 3.8) is 0 Å². The molecule has 16 heteroatoms. The number of ketones is 2. The van der Waals surface area contributed by atoms with Crippen molar-refractivity contribution in [1.82, 2.24) is 0 Å². The minimum absolute atomic E-state index is 0.0159. The van der Waals surface area contributed by atoms with E-state index < -0.39 is 99.6 Å². The van der Waals surface area contributed by atoms with Crippen molar-refractivity contribution in [2.24, 2.45) is 22.7 Å². The van der Waals surface area contributed by atoms with Gasteiger partial charge in [-0.05, 0) is 121 Å². The predicted octanol–water partition coefficient (Wildman–Crippen LogP) is 5.82. The van der Waals surface area contributed by atoms with Crippen molar-refractivity contribution in [2.45, 2.75) is 122 Å². The average Bonchev–Trinajstić information content (AvgIpc) is 3.51. The Labute approximate surface area is 316 Å². The number of ether oxygens (including phenoxy) is 5. The van der Waals surface area contributed by atoms with Gasteiger partial charge in [0.05, 0.1) is 24.4 Å². The number of Topliss-reactive ketones (excluding diaryl/α,β-unsaturated/α-hetero) is 1. The summed E-state index contributed by atoms with van der Waals surface area (Å²) in [5.41, 5.74) is -6.51. The van der Waals surface area contributed by atoms with E-state index in [0.29, 0.717) is 24.8 Å². The highest BCUT2D eigenvalue weighted by Crippen LogP contribution is 2.72. The molecule has 1 saturated heterocycles. The SMILES string of the molecule is Cc1cc(C(=O)OCCCCC(C)O[N+](=O)[O-])ccc1OC(=O)OCC(=O)[C@@]12OC(C)(C)O[C@@H]1CC1C3C[C@H](F)C4=CC(=O)C=C[C@]4(C)[C@@]3(F)[C@@H](O)C[C@@]12C. The molecule has 0 amide bonds. The summed E-state index contributed by atoms with van der Waals surface area (Å²) in [7, 11) is 0. The molecule has 300 valence electrons. The van der Waals surface area contributed by atoms with Crippen LogP contribution < -0.4 is 4.74 Å². The molecule has 0 spiro atoms. The summed E-state index contributed by atoms with van der Waals surface area (Å²) in [5.74, 6) is -4.79. The highest BCUT2D eigenvalue weighted by molar-refractivity contribution is 6.01. The van der Waals surface area contributed by atoms with Crippen LogP contribution in [0.2, 0.25) is 0 Å². The van der Waals surface area contributed by atoms with E-state index in [9.17, 15) is 34.4 Å². The van der Waals surface area contributed by atoms with Crippen LogP contribution in [-0.2, 0) is 33.4 Å². The van der Waals surface area contributed by atoms with Crippen LogP contribution in [0, 0.1) is 39.7 Å². The number of carbonyl (C=O) groups excluding carboxylic acids is 4. The second-order valence-electron chi connectivity index (χ2n) is 16.3. The second-order valence-corrected chi connectivity index (χ2v) is 16.3. The van der Waals surface area contributed by atoms with E-state index in [2.05, 4.69) is 4.84 Å². The van der Waals surface area contributed by atoms with Crippen LogP contribution in [0.25, 0.3) is 0 Å². The van der Waals surface area contributed by atoms with E-state index in [1.807, 2.05) is 0 Å². The Kier molecular flexibility index (Phi) is 10.5. The lowest BCUT2D eigenvalue weighted by atomic mass is 9.44. The largest absolute Gasteiger partial charge is 0.514 e. The third-order valence-electron chi connectivity index (χ3n) is 12.5. The van der Waals surface area contributed by atoms with Gasteiger partial charge in [-0.2, -0.15) is 0 Å². The van der Waals surface area contributed by atoms with Crippen molar-refractivity contribution in [2.75, 3.05) is 13.2 Å². The number of rotatable bonds is 12. The Hall–Kier alpha value is -4.28. The van der Waals surface area contributed by atoms with E-state index in [4.69, 9.17) is 23.7 Å². The molecule has 6 rings (SSSR count). The Bertz CT molecular complexity index is 1830. The number of aliphatic hydroxyl groups excluding tert-OH is 1. The number of alkyl halides is 2. The first-order chi connectivity index (χ1) is 25.7. The van der Waals surface area contributed by atoms with Crippen molar-refractivity contribution in [3.8, 4) is 5.75 Å². The number of aliphatic hydroxyl groups is 1. The highest BCUT2D eigenvalue weighted by atomic mass is 19.1. The highest BCUT2D eigenvalue weighted by Gasteiger charge is 2.80. The van der Waals surface area contributed by atoms with Crippen LogP contribution >= 0.6 is 0 Å². The molecular formula is C39H47F2NO13. The number of benzene rings is 1. The maximum atomic E-state index is 17.7. The number of esters is 1. The Morgan fingerprint density at radius 3 is 2.53 bits per heavy atom. The minimum atomic E-state index is -2.37. The van der Waals surface area contributed by atoms with Crippen LogP contribution in [0.1, 0.15) is 89.1 Å². The molecule has 4 fully saturated rings. The molecule has 3 saturated carbocycles. The second kappa shape index (κ2) is 14.3. The van der Waals surface area contributed by atoms with E-state index in [0.717, 1.165) is 6.08 Å². The first-order valence-corrected chi connectivity index (χ1v) is 18.5. The van der Waals surface area contributed by atoms with E-state index >= 15 is 8.78 Å². The van der Waals surface area contributed by atoms with Gasteiger partial charge in [-0.1, -0.05) is 13.0 Å². The molecule has 0 bridgehead atoms. The molecule has 10 atom stereocenters. The third-order valence-corrected chi connectivity index (χ3v) is 12.5. The fourth-order valence-corrected chi connectivity index (χ4v) is 10.0. The number of allylic oxidation sites excluding steroid dienone is 4. The predicted molar refractivity (Wildman–Crippen MR) is 187 cm³/mol. The van der Waals surface area contributed by atoms with Crippen LogP contribution in [0.3, 0.4) is 0 Å². The quantitative estimate of drug-likeness (QED) is 0.0881. The molecule has 14 nitrogen and oxygen atoms in total.